The van der Waals surface area contributed by atoms with Crippen molar-refractivity contribution in [1.29, 1.82) is 0 Å². The molecule has 0 aromatic rings. The second-order valence-corrected chi connectivity index (χ2v) is 2.99. The van der Waals surface area contributed by atoms with Crippen molar-refractivity contribution in [2.75, 3.05) is 33.0 Å². The molecule has 4 heteroatoms. The monoisotopic (exact) mass is 215 g/mol. The average Bonchev–Trinajstić information content (AvgIpc) is 2.25. The van der Waals surface area contributed by atoms with E-state index in [0.717, 1.165) is 6.42 Å². The maximum Gasteiger partial charge on any atom is 0.220 e. The molecule has 0 aromatic carbocycles. The van der Waals surface area contributed by atoms with Gasteiger partial charge >= 0.3 is 0 Å². The van der Waals surface area contributed by atoms with Gasteiger partial charge in [0.05, 0.1) is 19.8 Å². The fraction of sp³-hybridized carbons (Fsp3) is 0.727. The standard InChI is InChI=1S/C11H21NO3/c1-3-5-6-11(13)12-7-8-15-10-9-14-4-2/h3H,1,4-10H2,2H3,(H,12,13). The maximum atomic E-state index is 11.1. The average molecular weight is 215 g/mol. The molecule has 0 fully saturated rings. The molecule has 0 heterocycles. The number of rotatable bonds is 10. The summed E-state index contributed by atoms with van der Waals surface area (Å²) in [6, 6.07) is 0. The number of ether oxygens (including phenoxy) is 2. The van der Waals surface area contributed by atoms with Gasteiger partial charge in [0, 0.05) is 19.6 Å². The van der Waals surface area contributed by atoms with Crippen molar-refractivity contribution < 1.29 is 14.3 Å². The van der Waals surface area contributed by atoms with E-state index in [2.05, 4.69) is 11.9 Å². The number of hydrogen-bond acceptors (Lipinski definition) is 3. The summed E-state index contributed by atoms with van der Waals surface area (Å²) in [6.07, 6.45) is 2.96. The molecule has 0 bridgehead atoms. The molecule has 0 aromatic heterocycles. The highest BCUT2D eigenvalue weighted by atomic mass is 16.5. The summed E-state index contributed by atoms with van der Waals surface area (Å²) < 4.78 is 10.3. The summed E-state index contributed by atoms with van der Waals surface area (Å²) in [6.45, 7) is 8.49. The molecule has 0 saturated heterocycles. The van der Waals surface area contributed by atoms with Gasteiger partial charge in [0.2, 0.25) is 5.91 Å². The van der Waals surface area contributed by atoms with Crippen LogP contribution >= 0.6 is 0 Å². The van der Waals surface area contributed by atoms with E-state index in [4.69, 9.17) is 9.47 Å². The molecule has 0 aliphatic heterocycles. The topological polar surface area (TPSA) is 47.6 Å². The molecule has 1 amide bonds. The van der Waals surface area contributed by atoms with Crippen LogP contribution in [-0.4, -0.2) is 38.9 Å². The summed E-state index contributed by atoms with van der Waals surface area (Å²) in [5.41, 5.74) is 0. The predicted octanol–water partition coefficient (Wildman–Crippen LogP) is 1.12. The van der Waals surface area contributed by atoms with Gasteiger partial charge < -0.3 is 14.8 Å². The lowest BCUT2D eigenvalue weighted by molar-refractivity contribution is -0.121. The van der Waals surface area contributed by atoms with Crippen molar-refractivity contribution in [3.8, 4) is 0 Å². The van der Waals surface area contributed by atoms with Crippen LogP contribution in [0.15, 0.2) is 12.7 Å². The fourth-order valence-electron chi connectivity index (χ4n) is 0.948. The summed E-state index contributed by atoms with van der Waals surface area (Å²) in [5, 5.41) is 2.76. The van der Waals surface area contributed by atoms with Gasteiger partial charge in [-0.05, 0) is 13.3 Å². The lowest BCUT2D eigenvalue weighted by atomic mass is 10.3. The normalized spacial score (nSPS) is 9.93. The van der Waals surface area contributed by atoms with Gasteiger partial charge in [-0.2, -0.15) is 0 Å². The van der Waals surface area contributed by atoms with E-state index in [1.807, 2.05) is 6.92 Å². The van der Waals surface area contributed by atoms with Crippen LogP contribution < -0.4 is 5.32 Å². The van der Waals surface area contributed by atoms with Gasteiger partial charge in [-0.25, -0.2) is 0 Å². The van der Waals surface area contributed by atoms with Crippen molar-refractivity contribution in [2.45, 2.75) is 19.8 Å². The Morgan fingerprint density at radius 3 is 2.73 bits per heavy atom. The van der Waals surface area contributed by atoms with Crippen LogP contribution in [0.25, 0.3) is 0 Å². The first-order valence-electron chi connectivity index (χ1n) is 5.34. The summed E-state index contributed by atoms with van der Waals surface area (Å²) in [7, 11) is 0. The number of hydrogen-bond donors (Lipinski definition) is 1. The second kappa shape index (κ2) is 11.2. The maximum absolute atomic E-state index is 11.1. The van der Waals surface area contributed by atoms with Crippen molar-refractivity contribution in [2.24, 2.45) is 0 Å². The first-order valence-corrected chi connectivity index (χ1v) is 5.34. The zero-order valence-corrected chi connectivity index (χ0v) is 9.46. The van der Waals surface area contributed by atoms with Crippen LogP contribution in [-0.2, 0) is 14.3 Å². The van der Waals surface area contributed by atoms with Crippen LogP contribution in [0, 0.1) is 0 Å². The number of allylic oxidation sites excluding steroid dienone is 1. The van der Waals surface area contributed by atoms with E-state index in [9.17, 15) is 4.79 Å². The second-order valence-electron chi connectivity index (χ2n) is 2.99. The van der Waals surface area contributed by atoms with Crippen LogP contribution in [0.3, 0.4) is 0 Å². The quantitative estimate of drug-likeness (QED) is 0.439. The highest BCUT2D eigenvalue weighted by Gasteiger charge is 1.97. The minimum absolute atomic E-state index is 0.0447. The third-order valence-corrected chi connectivity index (χ3v) is 1.72. The summed E-state index contributed by atoms with van der Waals surface area (Å²) in [4.78, 5) is 11.1. The molecule has 0 atom stereocenters. The smallest absolute Gasteiger partial charge is 0.220 e. The third-order valence-electron chi connectivity index (χ3n) is 1.72. The Balaban J connectivity index is 3.09. The largest absolute Gasteiger partial charge is 0.379 e. The Bertz CT molecular complexity index is 171. The van der Waals surface area contributed by atoms with E-state index in [1.165, 1.54) is 0 Å². The van der Waals surface area contributed by atoms with Gasteiger partial charge in [0.25, 0.3) is 0 Å². The molecule has 1 N–H and O–H groups in total. The van der Waals surface area contributed by atoms with Crippen LogP contribution in [0.5, 0.6) is 0 Å². The lowest BCUT2D eigenvalue weighted by Crippen LogP contribution is -2.27. The van der Waals surface area contributed by atoms with E-state index in [1.54, 1.807) is 6.08 Å². The molecule has 4 nitrogen and oxygen atoms in total. The van der Waals surface area contributed by atoms with Crippen LogP contribution in [0.1, 0.15) is 19.8 Å². The zero-order valence-electron chi connectivity index (χ0n) is 9.46. The zero-order chi connectivity index (χ0) is 11.4. The molecule has 0 aliphatic carbocycles. The van der Waals surface area contributed by atoms with Gasteiger partial charge in [0.1, 0.15) is 0 Å². The Hall–Kier alpha value is -0.870. The van der Waals surface area contributed by atoms with Crippen molar-refractivity contribution in [3.05, 3.63) is 12.7 Å². The molecule has 88 valence electrons. The molecular formula is C11H21NO3. The molecule has 15 heavy (non-hydrogen) atoms. The first-order chi connectivity index (χ1) is 7.31. The van der Waals surface area contributed by atoms with Crippen molar-refractivity contribution in [1.82, 2.24) is 5.32 Å². The fourth-order valence-corrected chi connectivity index (χ4v) is 0.948. The first kappa shape index (κ1) is 14.1. The number of nitrogens with one attached hydrogen (secondary N) is 1. The van der Waals surface area contributed by atoms with Gasteiger partial charge in [-0.1, -0.05) is 6.08 Å². The molecule has 0 unspecified atom stereocenters. The van der Waals surface area contributed by atoms with Crippen LogP contribution in [0.4, 0.5) is 0 Å². The molecule has 0 saturated carbocycles. The minimum atomic E-state index is 0.0447. The Morgan fingerprint density at radius 2 is 2.07 bits per heavy atom. The molecular weight excluding hydrogens is 194 g/mol. The summed E-state index contributed by atoms with van der Waals surface area (Å²) >= 11 is 0. The van der Waals surface area contributed by atoms with Crippen LogP contribution in [0.2, 0.25) is 0 Å². The van der Waals surface area contributed by atoms with Gasteiger partial charge in [0.15, 0.2) is 0 Å². The lowest BCUT2D eigenvalue weighted by Gasteiger charge is -2.05. The van der Waals surface area contributed by atoms with Gasteiger partial charge in [-0.3, -0.25) is 4.79 Å². The summed E-state index contributed by atoms with van der Waals surface area (Å²) in [5.74, 6) is 0.0447. The van der Waals surface area contributed by atoms with E-state index < -0.39 is 0 Å². The number of carbonyl (C=O) groups is 1. The van der Waals surface area contributed by atoms with Crippen molar-refractivity contribution in [3.63, 3.8) is 0 Å². The Kier molecular flexibility index (Phi) is 10.6. The Morgan fingerprint density at radius 1 is 1.33 bits per heavy atom. The third kappa shape index (κ3) is 11.1. The SMILES string of the molecule is C=CCCC(=O)NCCOCCOCC. The van der Waals surface area contributed by atoms with E-state index in [0.29, 0.717) is 39.4 Å². The molecule has 0 radical (unpaired) electrons. The highest BCUT2D eigenvalue weighted by Crippen LogP contribution is 1.88. The number of carbonyl (C=O) groups excluding carboxylic acids is 1. The van der Waals surface area contributed by atoms with Gasteiger partial charge in [-0.15, -0.1) is 6.58 Å². The van der Waals surface area contributed by atoms with E-state index in [-0.39, 0.29) is 5.91 Å². The Labute approximate surface area is 91.6 Å². The molecule has 0 spiro atoms. The predicted molar refractivity (Wildman–Crippen MR) is 59.8 cm³/mol. The highest BCUT2D eigenvalue weighted by molar-refractivity contribution is 5.75. The minimum Gasteiger partial charge on any atom is -0.379 e. The number of amides is 1. The molecule has 0 rings (SSSR count). The van der Waals surface area contributed by atoms with Crippen molar-refractivity contribution >= 4 is 5.91 Å². The van der Waals surface area contributed by atoms with E-state index >= 15 is 0 Å². The molecule has 0 aliphatic rings.